The summed E-state index contributed by atoms with van der Waals surface area (Å²) in [7, 11) is 1.46. The Kier molecular flexibility index (Phi) is 9.20. The van der Waals surface area contributed by atoms with E-state index >= 15 is 0 Å². The van der Waals surface area contributed by atoms with Crippen molar-refractivity contribution < 1.29 is 23.9 Å². The molecule has 0 aromatic heterocycles. The summed E-state index contributed by atoms with van der Waals surface area (Å²) in [6.45, 7) is 3.92. The van der Waals surface area contributed by atoms with Crippen LogP contribution in [0.1, 0.15) is 26.7 Å². The maximum Gasteiger partial charge on any atom is 0.407 e. The van der Waals surface area contributed by atoms with Crippen LogP contribution in [0.4, 0.5) is 4.79 Å². The van der Waals surface area contributed by atoms with Crippen molar-refractivity contribution in [2.75, 3.05) is 33.4 Å². The molecule has 0 heterocycles. The molecule has 0 rings (SSSR count). The monoisotopic (exact) mass is 274 g/mol. The fourth-order valence-corrected chi connectivity index (χ4v) is 1.13. The molecule has 0 atom stereocenters. The molecular weight excluding hydrogens is 252 g/mol. The molecule has 0 aromatic carbocycles. The number of carbonyl (C=O) groups is 3. The van der Waals surface area contributed by atoms with Crippen molar-refractivity contribution >= 4 is 18.0 Å². The first-order valence-electron chi connectivity index (χ1n) is 6.31. The molecule has 7 nitrogen and oxygen atoms in total. The Labute approximate surface area is 113 Å². The van der Waals surface area contributed by atoms with Gasteiger partial charge in [-0.05, 0) is 13.3 Å². The van der Waals surface area contributed by atoms with Crippen LogP contribution in [-0.2, 0) is 19.1 Å². The predicted molar refractivity (Wildman–Crippen MR) is 68.5 cm³/mol. The highest BCUT2D eigenvalue weighted by atomic mass is 16.5. The summed E-state index contributed by atoms with van der Waals surface area (Å²) in [6.07, 6.45) is 1.07. The highest BCUT2D eigenvalue weighted by Gasteiger charge is 2.14. The largest absolute Gasteiger partial charge is 0.465 e. The Balaban J connectivity index is 3.83. The number of esters is 1. The summed E-state index contributed by atoms with van der Waals surface area (Å²) in [5.41, 5.74) is 0. The lowest BCUT2D eigenvalue weighted by molar-refractivity contribution is -0.147. The Morgan fingerprint density at radius 2 is 1.84 bits per heavy atom. The topological polar surface area (TPSA) is 84.9 Å². The van der Waals surface area contributed by atoms with Gasteiger partial charge in [0.2, 0.25) is 5.91 Å². The van der Waals surface area contributed by atoms with Gasteiger partial charge < -0.3 is 19.7 Å². The molecule has 0 fully saturated rings. The molecule has 1 N–H and O–H groups in total. The quantitative estimate of drug-likeness (QED) is 0.515. The molecule has 0 aromatic rings. The first-order chi connectivity index (χ1) is 9.01. The van der Waals surface area contributed by atoms with Gasteiger partial charge >= 0.3 is 12.1 Å². The van der Waals surface area contributed by atoms with Crippen LogP contribution in [0.2, 0.25) is 0 Å². The van der Waals surface area contributed by atoms with Crippen LogP contribution in [0.15, 0.2) is 0 Å². The highest BCUT2D eigenvalue weighted by molar-refractivity contribution is 5.85. The molecule has 0 aliphatic rings. The van der Waals surface area contributed by atoms with Gasteiger partial charge in [0.15, 0.2) is 0 Å². The van der Waals surface area contributed by atoms with Crippen molar-refractivity contribution in [1.82, 2.24) is 10.2 Å². The van der Waals surface area contributed by atoms with Crippen molar-refractivity contribution in [2.45, 2.75) is 26.7 Å². The van der Waals surface area contributed by atoms with E-state index in [2.05, 4.69) is 5.32 Å². The third-order valence-corrected chi connectivity index (χ3v) is 2.21. The van der Waals surface area contributed by atoms with Gasteiger partial charge in [-0.2, -0.15) is 0 Å². The maximum absolute atomic E-state index is 11.6. The van der Waals surface area contributed by atoms with E-state index in [-0.39, 0.29) is 25.6 Å². The van der Waals surface area contributed by atoms with Gasteiger partial charge in [-0.1, -0.05) is 13.3 Å². The number of hydrogen-bond acceptors (Lipinski definition) is 5. The van der Waals surface area contributed by atoms with Crippen LogP contribution >= 0.6 is 0 Å². The Morgan fingerprint density at radius 1 is 1.16 bits per heavy atom. The van der Waals surface area contributed by atoms with Crippen LogP contribution in [0.25, 0.3) is 0 Å². The number of carbonyl (C=O) groups excluding carboxylic acids is 3. The zero-order valence-corrected chi connectivity index (χ0v) is 11.7. The molecule has 0 aliphatic heterocycles. The number of amides is 2. The maximum atomic E-state index is 11.6. The number of unbranched alkanes of at least 4 members (excludes halogenated alkanes) is 1. The summed E-state index contributed by atoms with van der Waals surface area (Å²) >= 11 is 0. The molecule has 7 heteroatoms. The summed E-state index contributed by atoms with van der Waals surface area (Å²) in [6, 6.07) is 0. The van der Waals surface area contributed by atoms with Gasteiger partial charge in [0.1, 0.15) is 13.1 Å². The van der Waals surface area contributed by atoms with Gasteiger partial charge in [0.25, 0.3) is 0 Å². The molecule has 0 spiro atoms. The van der Waals surface area contributed by atoms with Crippen molar-refractivity contribution in [3.8, 4) is 0 Å². The van der Waals surface area contributed by atoms with Gasteiger partial charge in [0.05, 0.1) is 13.2 Å². The van der Waals surface area contributed by atoms with Crippen molar-refractivity contribution in [1.29, 1.82) is 0 Å². The molecule has 0 saturated heterocycles. The van der Waals surface area contributed by atoms with E-state index in [1.165, 1.54) is 11.9 Å². The lowest BCUT2D eigenvalue weighted by atomic mass is 10.4. The number of hydrogen-bond donors (Lipinski definition) is 1. The van der Waals surface area contributed by atoms with Gasteiger partial charge in [-0.15, -0.1) is 0 Å². The predicted octanol–water partition coefficient (Wildman–Crippen LogP) is 0.534. The molecule has 19 heavy (non-hydrogen) atoms. The number of ether oxygens (including phenoxy) is 2. The second-order valence-corrected chi connectivity index (χ2v) is 3.90. The zero-order valence-electron chi connectivity index (χ0n) is 11.7. The summed E-state index contributed by atoms with van der Waals surface area (Å²) in [5, 5.41) is 2.32. The van der Waals surface area contributed by atoms with Gasteiger partial charge in [-0.25, -0.2) is 4.79 Å². The van der Waals surface area contributed by atoms with E-state index < -0.39 is 12.1 Å². The molecule has 0 unspecified atom stereocenters. The van der Waals surface area contributed by atoms with Gasteiger partial charge in [-0.3, -0.25) is 9.59 Å². The van der Waals surface area contributed by atoms with Crippen molar-refractivity contribution in [3.05, 3.63) is 0 Å². The summed E-state index contributed by atoms with van der Waals surface area (Å²) in [4.78, 5) is 35.1. The number of nitrogens with zero attached hydrogens (tertiary/aromatic N) is 1. The summed E-state index contributed by atoms with van der Waals surface area (Å²) in [5.74, 6) is -0.871. The van der Waals surface area contributed by atoms with Crippen molar-refractivity contribution in [2.24, 2.45) is 0 Å². The molecule has 2 amide bonds. The van der Waals surface area contributed by atoms with Crippen LogP contribution in [0, 0.1) is 0 Å². The second kappa shape index (κ2) is 10.2. The van der Waals surface area contributed by atoms with E-state index in [0.29, 0.717) is 6.61 Å². The van der Waals surface area contributed by atoms with Crippen LogP contribution in [0.3, 0.4) is 0 Å². The average molecular weight is 274 g/mol. The normalized spacial score (nSPS) is 9.63. The van der Waals surface area contributed by atoms with E-state index in [1.54, 1.807) is 6.92 Å². The Morgan fingerprint density at radius 3 is 2.42 bits per heavy atom. The van der Waals surface area contributed by atoms with E-state index in [9.17, 15) is 14.4 Å². The highest BCUT2D eigenvalue weighted by Crippen LogP contribution is 1.90. The molecule has 110 valence electrons. The van der Waals surface area contributed by atoms with E-state index in [1.807, 2.05) is 6.92 Å². The number of rotatable bonds is 8. The molecule has 0 radical (unpaired) electrons. The average Bonchev–Trinajstić information content (AvgIpc) is 2.36. The number of alkyl carbamates (subject to hydrolysis) is 1. The lowest BCUT2D eigenvalue weighted by Crippen LogP contribution is -2.40. The first kappa shape index (κ1) is 17.2. The lowest BCUT2D eigenvalue weighted by Gasteiger charge is -2.16. The minimum atomic E-state index is -0.633. The van der Waals surface area contributed by atoms with Crippen LogP contribution in [0.5, 0.6) is 0 Å². The third-order valence-electron chi connectivity index (χ3n) is 2.21. The molecule has 0 aliphatic carbocycles. The fraction of sp³-hybridized carbons (Fsp3) is 0.750. The second-order valence-electron chi connectivity index (χ2n) is 3.90. The number of likely N-dealkylation sites (N-methyl/N-ethyl adjacent to an activating group) is 1. The minimum Gasteiger partial charge on any atom is -0.465 e. The van der Waals surface area contributed by atoms with Gasteiger partial charge in [0, 0.05) is 7.05 Å². The molecule has 0 saturated carbocycles. The molecular formula is C12H22N2O5. The smallest absolute Gasteiger partial charge is 0.407 e. The fourth-order valence-electron chi connectivity index (χ4n) is 1.13. The molecule has 0 bridgehead atoms. The van der Waals surface area contributed by atoms with Crippen molar-refractivity contribution in [3.63, 3.8) is 0 Å². The first-order valence-corrected chi connectivity index (χ1v) is 6.31. The SMILES string of the molecule is CCCCOC(=O)NCC(=O)N(C)CC(=O)OCC. The van der Waals surface area contributed by atoms with E-state index in [4.69, 9.17) is 9.47 Å². The Bertz CT molecular complexity index is 306. The third kappa shape index (κ3) is 8.87. The summed E-state index contributed by atoms with van der Waals surface area (Å²) < 4.78 is 9.53. The van der Waals surface area contributed by atoms with E-state index in [0.717, 1.165) is 12.8 Å². The minimum absolute atomic E-state index is 0.140. The van der Waals surface area contributed by atoms with Crippen LogP contribution < -0.4 is 5.32 Å². The standard InChI is InChI=1S/C12H22N2O5/c1-4-6-7-19-12(17)13-8-10(15)14(3)9-11(16)18-5-2/h4-9H2,1-3H3,(H,13,17). The number of nitrogens with one attached hydrogen (secondary N) is 1. The van der Waals surface area contributed by atoms with Crippen LogP contribution in [-0.4, -0.2) is 56.2 Å². The Hall–Kier alpha value is -1.79. The zero-order chi connectivity index (χ0) is 14.7.